The fourth-order valence-electron chi connectivity index (χ4n) is 2.39. The Hall–Kier alpha value is -1.16. The third-order valence-corrected chi connectivity index (χ3v) is 5.10. The van der Waals surface area contributed by atoms with Gasteiger partial charge in [0.1, 0.15) is 0 Å². The van der Waals surface area contributed by atoms with Crippen LogP contribution in [-0.4, -0.2) is 6.54 Å². The van der Waals surface area contributed by atoms with Gasteiger partial charge in [0.05, 0.1) is 0 Å². The number of halogens is 1. The molecule has 1 aromatic heterocycles. The van der Waals surface area contributed by atoms with Crippen molar-refractivity contribution in [1.82, 2.24) is 5.32 Å². The fraction of sp³-hybridized carbons (Fsp3) is 0.222. The van der Waals surface area contributed by atoms with Crippen LogP contribution in [0.5, 0.6) is 0 Å². The highest BCUT2D eigenvalue weighted by atomic mass is 79.9. The lowest BCUT2D eigenvalue weighted by atomic mass is 10.1. The van der Waals surface area contributed by atoms with Crippen LogP contribution >= 0.6 is 27.3 Å². The van der Waals surface area contributed by atoms with Crippen molar-refractivity contribution in [2.24, 2.45) is 0 Å². The van der Waals surface area contributed by atoms with E-state index in [1.54, 1.807) is 0 Å². The van der Waals surface area contributed by atoms with Gasteiger partial charge in [-0.1, -0.05) is 41.1 Å². The standard InChI is InChI=1S/C18H18BrNS/c1-2-9-20-12-17-7-8-18(21-17)15-4-3-14-11-16(19)6-5-13(14)10-15/h3-8,10-11,20H,2,9,12H2,1H3. The molecular weight excluding hydrogens is 342 g/mol. The van der Waals surface area contributed by atoms with E-state index in [-0.39, 0.29) is 0 Å². The first-order valence-corrected chi connectivity index (χ1v) is 8.86. The summed E-state index contributed by atoms with van der Waals surface area (Å²) >= 11 is 5.40. The SMILES string of the molecule is CCCNCc1ccc(-c2ccc3cc(Br)ccc3c2)s1. The maximum absolute atomic E-state index is 3.52. The normalized spacial score (nSPS) is 11.1. The lowest BCUT2D eigenvalue weighted by molar-refractivity contribution is 0.681. The summed E-state index contributed by atoms with van der Waals surface area (Å²) in [6.45, 7) is 4.25. The molecule has 0 aliphatic heterocycles. The quantitative estimate of drug-likeness (QED) is 0.565. The van der Waals surface area contributed by atoms with Gasteiger partial charge in [-0.15, -0.1) is 11.3 Å². The van der Waals surface area contributed by atoms with E-state index in [1.165, 1.54) is 32.5 Å². The summed E-state index contributed by atoms with van der Waals surface area (Å²) in [4.78, 5) is 2.74. The van der Waals surface area contributed by atoms with E-state index < -0.39 is 0 Å². The largest absolute Gasteiger partial charge is 0.312 e. The van der Waals surface area contributed by atoms with Crippen LogP contribution in [0, 0.1) is 0 Å². The summed E-state index contributed by atoms with van der Waals surface area (Å²) in [7, 11) is 0. The Morgan fingerprint density at radius 2 is 1.81 bits per heavy atom. The van der Waals surface area contributed by atoms with Gasteiger partial charge >= 0.3 is 0 Å². The maximum atomic E-state index is 3.52. The Morgan fingerprint density at radius 3 is 2.67 bits per heavy atom. The van der Waals surface area contributed by atoms with Crippen molar-refractivity contribution in [3.05, 3.63) is 57.9 Å². The van der Waals surface area contributed by atoms with Crippen molar-refractivity contribution in [2.45, 2.75) is 19.9 Å². The molecule has 2 aromatic carbocycles. The highest BCUT2D eigenvalue weighted by Gasteiger charge is 2.04. The molecule has 0 saturated carbocycles. The van der Waals surface area contributed by atoms with Crippen LogP contribution in [0.15, 0.2) is 53.0 Å². The predicted molar refractivity (Wildman–Crippen MR) is 97.0 cm³/mol. The van der Waals surface area contributed by atoms with Crippen molar-refractivity contribution < 1.29 is 0 Å². The van der Waals surface area contributed by atoms with Crippen LogP contribution in [0.2, 0.25) is 0 Å². The molecule has 108 valence electrons. The first kappa shape index (κ1) is 14.8. The molecule has 0 unspecified atom stereocenters. The van der Waals surface area contributed by atoms with Crippen molar-refractivity contribution >= 4 is 38.0 Å². The molecule has 0 radical (unpaired) electrons. The molecule has 0 atom stereocenters. The Labute approximate surface area is 138 Å². The van der Waals surface area contributed by atoms with Crippen molar-refractivity contribution in [2.75, 3.05) is 6.54 Å². The lowest BCUT2D eigenvalue weighted by Crippen LogP contribution is -2.12. The molecule has 0 spiro atoms. The number of nitrogens with one attached hydrogen (secondary N) is 1. The van der Waals surface area contributed by atoms with Crippen molar-refractivity contribution in [1.29, 1.82) is 0 Å². The van der Waals surface area contributed by atoms with Crippen LogP contribution in [0.1, 0.15) is 18.2 Å². The summed E-state index contributed by atoms with van der Waals surface area (Å²) in [5, 5.41) is 6.02. The monoisotopic (exact) mass is 359 g/mol. The topological polar surface area (TPSA) is 12.0 Å². The van der Waals surface area contributed by atoms with Gasteiger partial charge < -0.3 is 5.32 Å². The zero-order chi connectivity index (χ0) is 14.7. The van der Waals surface area contributed by atoms with E-state index in [4.69, 9.17) is 0 Å². The molecule has 0 amide bonds. The third-order valence-electron chi connectivity index (χ3n) is 3.47. The third kappa shape index (κ3) is 3.54. The molecule has 0 aliphatic carbocycles. The first-order chi connectivity index (χ1) is 10.3. The predicted octanol–water partition coefficient (Wildman–Crippen LogP) is 5.83. The average molecular weight is 360 g/mol. The zero-order valence-electron chi connectivity index (χ0n) is 12.0. The smallest absolute Gasteiger partial charge is 0.0346 e. The van der Waals surface area contributed by atoms with E-state index in [1.807, 2.05) is 11.3 Å². The van der Waals surface area contributed by atoms with E-state index in [2.05, 4.69) is 76.7 Å². The average Bonchev–Trinajstić information content (AvgIpc) is 2.96. The van der Waals surface area contributed by atoms with Crippen molar-refractivity contribution in [3.8, 4) is 10.4 Å². The summed E-state index contributed by atoms with van der Waals surface area (Å²) in [6, 6.07) is 17.6. The van der Waals surface area contributed by atoms with E-state index >= 15 is 0 Å². The number of thiophene rings is 1. The highest BCUT2D eigenvalue weighted by Crippen LogP contribution is 2.31. The second-order valence-corrected chi connectivity index (χ2v) is 7.23. The van der Waals surface area contributed by atoms with Crippen molar-refractivity contribution in [3.63, 3.8) is 0 Å². The summed E-state index contributed by atoms with van der Waals surface area (Å²) in [5.74, 6) is 0. The summed E-state index contributed by atoms with van der Waals surface area (Å²) in [5.41, 5.74) is 1.30. The lowest BCUT2D eigenvalue weighted by Gasteiger charge is -2.03. The van der Waals surface area contributed by atoms with Gasteiger partial charge in [-0.2, -0.15) is 0 Å². The van der Waals surface area contributed by atoms with E-state index in [9.17, 15) is 0 Å². The number of fused-ring (bicyclic) bond motifs is 1. The minimum absolute atomic E-state index is 0.971. The fourth-order valence-corrected chi connectivity index (χ4v) is 3.74. The second kappa shape index (κ2) is 6.73. The number of benzene rings is 2. The molecule has 0 fully saturated rings. The number of hydrogen-bond acceptors (Lipinski definition) is 2. The summed E-state index contributed by atoms with van der Waals surface area (Å²) in [6.07, 6.45) is 1.18. The van der Waals surface area contributed by atoms with Crippen LogP contribution in [0.4, 0.5) is 0 Å². The number of hydrogen-bond donors (Lipinski definition) is 1. The molecule has 3 rings (SSSR count). The molecule has 21 heavy (non-hydrogen) atoms. The maximum Gasteiger partial charge on any atom is 0.0346 e. The van der Waals surface area contributed by atoms with Crippen LogP contribution in [-0.2, 0) is 6.54 Å². The highest BCUT2D eigenvalue weighted by molar-refractivity contribution is 9.10. The molecule has 3 heteroatoms. The molecule has 3 aromatic rings. The van der Waals surface area contributed by atoms with Crippen LogP contribution in [0.3, 0.4) is 0 Å². The van der Waals surface area contributed by atoms with Crippen LogP contribution in [0.25, 0.3) is 21.2 Å². The van der Waals surface area contributed by atoms with Gasteiger partial charge in [0.15, 0.2) is 0 Å². The van der Waals surface area contributed by atoms with Gasteiger partial charge in [0.25, 0.3) is 0 Å². The van der Waals surface area contributed by atoms with Gasteiger partial charge in [0.2, 0.25) is 0 Å². The minimum Gasteiger partial charge on any atom is -0.312 e. The van der Waals surface area contributed by atoms with E-state index in [0.29, 0.717) is 0 Å². The molecule has 0 saturated heterocycles. The Bertz CT molecular complexity index is 748. The number of rotatable bonds is 5. The molecule has 0 bridgehead atoms. The minimum atomic E-state index is 0.971. The van der Waals surface area contributed by atoms with Gasteiger partial charge in [-0.05, 0) is 59.6 Å². The molecule has 1 heterocycles. The van der Waals surface area contributed by atoms with Gasteiger partial charge in [-0.25, -0.2) is 0 Å². The Kier molecular flexibility index (Phi) is 4.73. The van der Waals surface area contributed by atoms with Crippen LogP contribution < -0.4 is 5.32 Å². The molecule has 0 aliphatic rings. The second-order valence-electron chi connectivity index (χ2n) is 5.15. The van der Waals surface area contributed by atoms with Gasteiger partial charge in [-0.3, -0.25) is 0 Å². The zero-order valence-corrected chi connectivity index (χ0v) is 14.4. The summed E-state index contributed by atoms with van der Waals surface area (Å²) < 4.78 is 1.13. The first-order valence-electron chi connectivity index (χ1n) is 7.25. The molecule has 1 N–H and O–H groups in total. The molecule has 1 nitrogen and oxygen atoms in total. The molecular formula is C18H18BrNS. The van der Waals surface area contributed by atoms with E-state index in [0.717, 1.165) is 17.6 Å². The Morgan fingerprint density at radius 1 is 1.00 bits per heavy atom. The Balaban J connectivity index is 1.84. The van der Waals surface area contributed by atoms with Gasteiger partial charge in [0, 0.05) is 20.8 Å².